The Morgan fingerprint density at radius 1 is 0.603 bits per heavy atom. The van der Waals surface area contributed by atoms with Crippen LogP contribution in [-0.2, 0) is 42.7 Å². The monoisotopic (exact) mass is 934 g/mol. The number of rotatable bonds is 2. The Labute approximate surface area is 357 Å². The fraction of sp³-hybridized carbons (Fsp3) is 0.259. The van der Waals surface area contributed by atoms with Gasteiger partial charge in [0.05, 0.1) is 0 Å². The molecule has 0 atom stereocenters. The Hall–Kier alpha value is -5.11. The summed E-state index contributed by atoms with van der Waals surface area (Å²) >= 11 is 0. The molecule has 58 heavy (non-hydrogen) atoms. The SMILES string of the molecule is Cc1ccnc(-c2[c-]c3c(cc2)c2cc(C(C)(C)C)ccc2n3-c2ccc3c(n2)-c2[c-]cccc2C32c3ccc(C(C)(C)C)cc3-c3cc(C(C)(C)C)ccc32)c1.[Pt+2]. The molecule has 0 aliphatic heterocycles. The quantitative estimate of drug-likeness (QED) is 0.162. The minimum absolute atomic E-state index is 0. The number of aromatic nitrogens is 3. The van der Waals surface area contributed by atoms with Gasteiger partial charge in [0, 0.05) is 17.1 Å². The van der Waals surface area contributed by atoms with Crippen molar-refractivity contribution in [3.8, 4) is 39.5 Å². The normalized spacial score (nSPS) is 14.0. The van der Waals surface area contributed by atoms with Gasteiger partial charge in [-0.05, 0) is 103 Å². The Morgan fingerprint density at radius 2 is 1.22 bits per heavy atom. The van der Waals surface area contributed by atoms with E-state index in [0.29, 0.717) is 0 Å². The van der Waals surface area contributed by atoms with Gasteiger partial charge in [0.25, 0.3) is 0 Å². The molecule has 0 saturated carbocycles. The van der Waals surface area contributed by atoms with Gasteiger partial charge in [-0.25, -0.2) is 0 Å². The summed E-state index contributed by atoms with van der Waals surface area (Å²) < 4.78 is 2.31. The molecular formula is C54H49N3Pt. The minimum atomic E-state index is -0.510. The topological polar surface area (TPSA) is 30.7 Å². The Bertz CT molecular complexity index is 2920. The van der Waals surface area contributed by atoms with E-state index < -0.39 is 5.41 Å². The summed E-state index contributed by atoms with van der Waals surface area (Å²) in [7, 11) is 0. The molecule has 3 nitrogen and oxygen atoms in total. The second kappa shape index (κ2) is 12.9. The first kappa shape index (κ1) is 38.4. The van der Waals surface area contributed by atoms with Gasteiger partial charge in [-0.1, -0.05) is 139 Å². The molecule has 0 saturated heterocycles. The minimum Gasteiger partial charge on any atom is -0.313 e. The van der Waals surface area contributed by atoms with E-state index in [0.717, 1.165) is 44.8 Å². The molecule has 0 amide bonds. The average molecular weight is 935 g/mol. The Morgan fingerprint density at radius 3 is 1.86 bits per heavy atom. The van der Waals surface area contributed by atoms with Gasteiger partial charge >= 0.3 is 21.1 Å². The fourth-order valence-corrected chi connectivity index (χ4v) is 9.48. The van der Waals surface area contributed by atoms with Crippen LogP contribution in [-0.4, -0.2) is 14.5 Å². The summed E-state index contributed by atoms with van der Waals surface area (Å²) in [5.41, 5.74) is 18.5. The van der Waals surface area contributed by atoms with Crippen LogP contribution in [0, 0.1) is 19.1 Å². The molecule has 290 valence electrons. The molecular weight excluding hydrogens is 886 g/mol. The van der Waals surface area contributed by atoms with Gasteiger partial charge in [-0.15, -0.1) is 59.2 Å². The maximum Gasteiger partial charge on any atom is 2.00 e. The van der Waals surface area contributed by atoms with E-state index in [2.05, 4.69) is 183 Å². The molecule has 2 aliphatic rings. The maximum atomic E-state index is 5.70. The molecule has 3 heterocycles. The molecule has 5 aromatic carbocycles. The molecule has 0 bridgehead atoms. The van der Waals surface area contributed by atoms with Crippen LogP contribution < -0.4 is 0 Å². The average Bonchev–Trinajstić information content (AvgIpc) is 3.77. The van der Waals surface area contributed by atoms with Crippen molar-refractivity contribution in [2.24, 2.45) is 0 Å². The van der Waals surface area contributed by atoms with Crippen LogP contribution in [0.25, 0.3) is 61.3 Å². The van der Waals surface area contributed by atoms with Crippen molar-refractivity contribution in [2.75, 3.05) is 0 Å². The molecule has 0 N–H and O–H groups in total. The van der Waals surface area contributed by atoms with Gasteiger partial charge in [-0.3, -0.25) is 4.98 Å². The van der Waals surface area contributed by atoms with Crippen LogP contribution in [0.15, 0.2) is 115 Å². The number of aryl methyl sites for hydroxylation is 1. The number of hydrogen-bond acceptors (Lipinski definition) is 2. The van der Waals surface area contributed by atoms with E-state index in [1.165, 1.54) is 61.0 Å². The summed E-state index contributed by atoms with van der Waals surface area (Å²) in [6.45, 7) is 22.8. The van der Waals surface area contributed by atoms with Crippen molar-refractivity contribution >= 4 is 21.8 Å². The second-order valence-corrected chi connectivity index (χ2v) is 19.5. The van der Waals surface area contributed by atoms with Crippen molar-refractivity contribution in [1.29, 1.82) is 0 Å². The number of pyridine rings is 2. The Kier molecular flexibility index (Phi) is 8.57. The van der Waals surface area contributed by atoms with Crippen LogP contribution in [0.5, 0.6) is 0 Å². The van der Waals surface area contributed by atoms with Crippen molar-refractivity contribution in [3.63, 3.8) is 0 Å². The first-order chi connectivity index (χ1) is 27.0. The Balaban J connectivity index is 0.00000436. The maximum absolute atomic E-state index is 5.70. The van der Waals surface area contributed by atoms with E-state index in [4.69, 9.17) is 9.97 Å². The zero-order valence-corrected chi connectivity index (χ0v) is 37.4. The molecule has 10 rings (SSSR count). The number of fused-ring (bicyclic) bond motifs is 13. The smallest absolute Gasteiger partial charge is 0.313 e. The zero-order chi connectivity index (χ0) is 39.8. The molecule has 8 aromatic rings. The van der Waals surface area contributed by atoms with Gasteiger partial charge in [0.2, 0.25) is 0 Å². The van der Waals surface area contributed by atoms with Gasteiger partial charge in [-0.2, -0.15) is 0 Å². The van der Waals surface area contributed by atoms with Gasteiger partial charge < -0.3 is 9.55 Å². The predicted molar refractivity (Wildman–Crippen MR) is 237 cm³/mol. The first-order valence-electron chi connectivity index (χ1n) is 20.3. The summed E-state index contributed by atoms with van der Waals surface area (Å²) in [6.07, 6.45) is 1.88. The largest absolute Gasteiger partial charge is 2.00 e. The van der Waals surface area contributed by atoms with Gasteiger partial charge in [0.15, 0.2) is 0 Å². The van der Waals surface area contributed by atoms with Crippen molar-refractivity contribution in [1.82, 2.24) is 14.5 Å². The molecule has 1 spiro atoms. The third-order valence-corrected chi connectivity index (χ3v) is 12.6. The van der Waals surface area contributed by atoms with Crippen LogP contribution >= 0.6 is 0 Å². The van der Waals surface area contributed by atoms with E-state index in [-0.39, 0.29) is 37.3 Å². The molecule has 2 aliphatic carbocycles. The third-order valence-electron chi connectivity index (χ3n) is 12.6. The van der Waals surface area contributed by atoms with E-state index in [1.807, 2.05) is 18.3 Å². The number of benzene rings is 5. The molecule has 4 heteroatoms. The zero-order valence-electron chi connectivity index (χ0n) is 35.1. The molecule has 0 fully saturated rings. The van der Waals surface area contributed by atoms with Crippen LogP contribution in [0.2, 0.25) is 0 Å². The van der Waals surface area contributed by atoms with Crippen molar-refractivity contribution < 1.29 is 21.1 Å². The van der Waals surface area contributed by atoms with Gasteiger partial charge in [0.1, 0.15) is 5.82 Å². The standard InChI is InChI=1S/C54H49N3.Pt/c1-32-25-26-55-46(27-32)33-15-19-37-41-31-36(53(8,9)10)18-23-47(41)57(48(37)28-33)49-24-22-45-50(56-49)38-13-11-12-14-42(38)54(45)43-20-16-34(51(2,3)4)29-39(43)40-30-35(52(5,6)7)17-21-44(40)54;/h11-12,14-27,29-31H,1-10H3;/q-2;+2. The van der Waals surface area contributed by atoms with E-state index >= 15 is 0 Å². The summed E-state index contributed by atoms with van der Waals surface area (Å²) in [4.78, 5) is 10.4. The van der Waals surface area contributed by atoms with Crippen LogP contribution in [0.1, 0.15) is 107 Å². The number of nitrogens with zero attached hydrogens (tertiary/aromatic N) is 3. The molecule has 0 radical (unpaired) electrons. The summed E-state index contributed by atoms with van der Waals surface area (Å²) in [6, 6.07) is 48.5. The summed E-state index contributed by atoms with van der Waals surface area (Å²) in [5.74, 6) is 0.868. The van der Waals surface area contributed by atoms with E-state index in [9.17, 15) is 0 Å². The van der Waals surface area contributed by atoms with E-state index in [1.54, 1.807) is 0 Å². The third kappa shape index (κ3) is 5.56. The van der Waals surface area contributed by atoms with Crippen molar-refractivity contribution in [2.45, 2.75) is 90.9 Å². The van der Waals surface area contributed by atoms with Crippen molar-refractivity contribution in [3.05, 3.63) is 172 Å². The predicted octanol–water partition coefficient (Wildman–Crippen LogP) is 13.4. The summed E-state index contributed by atoms with van der Waals surface area (Å²) in [5, 5.41) is 2.35. The van der Waals surface area contributed by atoms with Crippen LogP contribution in [0.4, 0.5) is 0 Å². The second-order valence-electron chi connectivity index (χ2n) is 19.5. The van der Waals surface area contributed by atoms with Crippen LogP contribution in [0.3, 0.4) is 0 Å². The molecule has 0 unspecified atom stereocenters. The molecule has 3 aromatic heterocycles. The first-order valence-corrected chi connectivity index (χ1v) is 20.3. The number of hydrogen-bond donors (Lipinski definition) is 0. The fourth-order valence-electron chi connectivity index (χ4n) is 9.48.